The zero-order valence-electron chi connectivity index (χ0n) is 18.1. The quantitative estimate of drug-likeness (QED) is 0.616. The van der Waals surface area contributed by atoms with Crippen molar-refractivity contribution in [3.05, 3.63) is 41.4 Å². The Bertz CT molecular complexity index is 1160. The summed E-state index contributed by atoms with van der Waals surface area (Å²) in [7, 11) is -3.66. The molecule has 2 aromatic rings. The van der Waals surface area contributed by atoms with Crippen molar-refractivity contribution in [2.75, 3.05) is 26.2 Å². The number of benzene rings is 2. The number of nitrogens with two attached hydrogens (primary N) is 1. The molecule has 2 aliphatic rings. The predicted octanol–water partition coefficient (Wildman–Crippen LogP) is 3.11. The lowest BCUT2D eigenvalue weighted by Crippen LogP contribution is -2.52. The van der Waals surface area contributed by atoms with Crippen molar-refractivity contribution >= 4 is 57.1 Å². The number of urea groups is 1. The van der Waals surface area contributed by atoms with Crippen LogP contribution in [0.2, 0.25) is 5.02 Å². The molecule has 0 bridgehead atoms. The molecule has 0 aromatic heterocycles. The van der Waals surface area contributed by atoms with Crippen LogP contribution >= 0.6 is 24.4 Å². The van der Waals surface area contributed by atoms with Crippen LogP contribution in [0.1, 0.15) is 25.7 Å². The molecule has 4 rings (SSSR count). The molecule has 0 atom stereocenters. The molecule has 11 heteroatoms. The van der Waals surface area contributed by atoms with E-state index in [9.17, 15) is 18.0 Å². The first-order valence-corrected chi connectivity index (χ1v) is 13.1. The van der Waals surface area contributed by atoms with Crippen molar-refractivity contribution in [1.29, 1.82) is 0 Å². The van der Waals surface area contributed by atoms with Crippen LogP contribution < -0.4 is 5.73 Å². The van der Waals surface area contributed by atoms with Gasteiger partial charge in [0, 0.05) is 43.2 Å². The molecule has 1 saturated heterocycles. The summed E-state index contributed by atoms with van der Waals surface area (Å²) in [5.74, 6) is -0.0656. The summed E-state index contributed by atoms with van der Waals surface area (Å²) >= 11 is 10.2. The van der Waals surface area contributed by atoms with E-state index in [4.69, 9.17) is 17.3 Å². The fraction of sp³-hybridized carbons (Fsp3) is 0.455. The minimum atomic E-state index is -3.66. The standard InChI is InChI=1S/C22H27ClN4O4S2/c23-18-5-1-17-14-20(8-4-16(17)13-18)33(30,31)26-11-9-25(10-12-26)21(28)15-2-6-19(7-3-15)27(32)22(24)29/h1,4-5,8,13-15,19,32H,2-3,6-7,9-12H2,(H2,24,29). The Labute approximate surface area is 204 Å². The van der Waals surface area contributed by atoms with E-state index in [0.29, 0.717) is 43.8 Å². The lowest BCUT2D eigenvalue weighted by atomic mass is 9.85. The molecule has 2 aromatic carbocycles. The van der Waals surface area contributed by atoms with Gasteiger partial charge in [-0.2, -0.15) is 4.31 Å². The van der Waals surface area contributed by atoms with E-state index in [0.717, 1.165) is 10.8 Å². The molecule has 1 saturated carbocycles. The fourth-order valence-electron chi connectivity index (χ4n) is 4.66. The second kappa shape index (κ2) is 9.69. The van der Waals surface area contributed by atoms with Crippen molar-refractivity contribution in [2.24, 2.45) is 11.7 Å². The second-order valence-corrected chi connectivity index (χ2v) is 11.4. The van der Waals surface area contributed by atoms with Crippen molar-refractivity contribution in [3.63, 3.8) is 0 Å². The summed E-state index contributed by atoms with van der Waals surface area (Å²) < 4.78 is 29.0. The monoisotopic (exact) mass is 510 g/mol. The number of hydrogen-bond acceptors (Lipinski definition) is 5. The average Bonchev–Trinajstić information content (AvgIpc) is 2.82. The molecule has 1 aliphatic carbocycles. The van der Waals surface area contributed by atoms with Crippen molar-refractivity contribution in [2.45, 2.75) is 36.6 Å². The van der Waals surface area contributed by atoms with Gasteiger partial charge in [-0.05, 0) is 60.7 Å². The molecule has 0 unspecified atom stereocenters. The molecule has 1 heterocycles. The van der Waals surface area contributed by atoms with Gasteiger partial charge in [0.05, 0.1) is 4.90 Å². The zero-order chi connectivity index (χ0) is 23.8. The highest BCUT2D eigenvalue weighted by Gasteiger charge is 2.35. The molecular weight excluding hydrogens is 484 g/mol. The Morgan fingerprint density at radius 1 is 0.970 bits per heavy atom. The minimum Gasteiger partial charge on any atom is -0.351 e. The van der Waals surface area contributed by atoms with Crippen molar-refractivity contribution < 1.29 is 18.0 Å². The maximum atomic E-state index is 13.2. The number of rotatable bonds is 4. The van der Waals surface area contributed by atoms with Gasteiger partial charge in [-0.15, -0.1) is 0 Å². The first-order chi connectivity index (χ1) is 15.7. The molecule has 2 fully saturated rings. The maximum Gasteiger partial charge on any atom is 0.324 e. The highest BCUT2D eigenvalue weighted by Crippen LogP contribution is 2.30. The summed E-state index contributed by atoms with van der Waals surface area (Å²) in [6.45, 7) is 1.24. The van der Waals surface area contributed by atoms with Crippen LogP contribution in [0.4, 0.5) is 4.79 Å². The molecule has 0 spiro atoms. The average molecular weight is 511 g/mol. The Morgan fingerprint density at radius 3 is 2.21 bits per heavy atom. The van der Waals surface area contributed by atoms with Crippen molar-refractivity contribution in [3.8, 4) is 0 Å². The van der Waals surface area contributed by atoms with Crippen LogP contribution in [0.3, 0.4) is 0 Å². The maximum absolute atomic E-state index is 13.2. The lowest BCUT2D eigenvalue weighted by molar-refractivity contribution is -0.138. The number of thiol groups is 1. The van der Waals surface area contributed by atoms with Gasteiger partial charge in [0.2, 0.25) is 15.9 Å². The SMILES string of the molecule is NC(=O)N(S)C1CCC(C(=O)N2CCN(S(=O)(=O)c3ccc4cc(Cl)ccc4c3)CC2)CC1. The van der Waals surface area contributed by atoms with Gasteiger partial charge in [-0.25, -0.2) is 13.2 Å². The normalized spacial score (nSPS) is 22.3. The van der Waals surface area contributed by atoms with Gasteiger partial charge in [-0.3, -0.25) is 9.10 Å². The van der Waals surface area contributed by atoms with E-state index in [1.807, 2.05) is 0 Å². The van der Waals surface area contributed by atoms with Crippen LogP contribution in [0, 0.1) is 5.92 Å². The third-order valence-corrected chi connectivity index (χ3v) is 9.23. The smallest absolute Gasteiger partial charge is 0.324 e. The van der Waals surface area contributed by atoms with E-state index < -0.39 is 16.1 Å². The number of sulfonamides is 1. The number of halogens is 1. The Kier molecular flexibility index (Phi) is 7.09. The number of carbonyl (C=O) groups is 2. The van der Waals surface area contributed by atoms with E-state index in [1.165, 1.54) is 8.61 Å². The zero-order valence-corrected chi connectivity index (χ0v) is 20.5. The largest absolute Gasteiger partial charge is 0.351 e. The summed E-state index contributed by atoms with van der Waals surface area (Å²) in [5.41, 5.74) is 5.28. The summed E-state index contributed by atoms with van der Waals surface area (Å²) in [5, 5.41) is 2.28. The van der Waals surface area contributed by atoms with Gasteiger partial charge < -0.3 is 10.6 Å². The van der Waals surface area contributed by atoms with Gasteiger partial charge in [0.15, 0.2) is 0 Å². The number of nitrogens with zero attached hydrogens (tertiary/aromatic N) is 3. The molecular formula is C22H27ClN4O4S2. The third-order valence-electron chi connectivity index (χ3n) is 6.58. The van der Waals surface area contributed by atoms with Gasteiger partial charge >= 0.3 is 6.03 Å². The van der Waals surface area contributed by atoms with Gasteiger partial charge in [0.25, 0.3) is 0 Å². The first kappa shape index (κ1) is 24.1. The third kappa shape index (κ3) is 5.08. The number of fused-ring (bicyclic) bond motifs is 1. The van der Waals surface area contributed by atoms with Crippen LogP contribution in [0.25, 0.3) is 10.8 Å². The molecule has 0 radical (unpaired) electrons. The van der Waals surface area contributed by atoms with Crippen LogP contribution in [-0.4, -0.2) is 66.1 Å². The number of primary amides is 1. The van der Waals surface area contributed by atoms with Crippen LogP contribution in [-0.2, 0) is 14.8 Å². The Morgan fingerprint density at radius 2 is 1.58 bits per heavy atom. The molecule has 1 aliphatic heterocycles. The van der Waals surface area contributed by atoms with E-state index >= 15 is 0 Å². The summed E-state index contributed by atoms with van der Waals surface area (Å²) in [6.07, 6.45) is 2.66. The topological polar surface area (TPSA) is 104 Å². The van der Waals surface area contributed by atoms with Crippen LogP contribution in [0.5, 0.6) is 0 Å². The number of amides is 3. The van der Waals surface area contributed by atoms with Crippen molar-refractivity contribution in [1.82, 2.24) is 13.5 Å². The lowest BCUT2D eigenvalue weighted by Gasteiger charge is -2.38. The van der Waals surface area contributed by atoms with Crippen LogP contribution in [0.15, 0.2) is 41.3 Å². The Balaban J connectivity index is 1.36. The van der Waals surface area contributed by atoms with E-state index in [2.05, 4.69) is 12.8 Å². The molecule has 3 amide bonds. The minimum absolute atomic E-state index is 0.0536. The number of hydrogen-bond donors (Lipinski definition) is 2. The summed E-state index contributed by atoms with van der Waals surface area (Å²) in [4.78, 5) is 26.3. The highest BCUT2D eigenvalue weighted by molar-refractivity contribution is 7.89. The van der Waals surface area contributed by atoms with E-state index in [1.54, 1.807) is 41.3 Å². The second-order valence-electron chi connectivity index (χ2n) is 8.57. The molecule has 2 N–H and O–H groups in total. The molecule has 178 valence electrons. The predicted molar refractivity (Wildman–Crippen MR) is 130 cm³/mol. The Hall–Kier alpha value is -2.01. The molecule has 33 heavy (non-hydrogen) atoms. The van der Waals surface area contributed by atoms with Gasteiger partial charge in [-0.1, -0.05) is 36.5 Å². The fourth-order valence-corrected chi connectivity index (χ4v) is 6.53. The molecule has 8 nitrogen and oxygen atoms in total. The number of carbonyl (C=O) groups excluding carboxylic acids is 2. The van der Waals surface area contributed by atoms with E-state index in [-0.39, 0.29) is 35.9 Å². The summed E-state index contributed by atoms with van der Waals surface area (Å²) in [6, 6.07) is 9.71. The van der Waals surface area contributed by atoms with Gasteiger partial charge in [0.1, 0.15) is 0 Å². The number of piperazine rings is 1. The first-order valence-electron chi connectivity index (χ1n) is 10.9. The highest BCUT2D eigenvalue weighted by atomic mass is 35.5.